The zero-order valence-corrected chi connectivity index (χ0v) is 21.8. The van der Waals surface area contributed by atoms with Crippen LogP contribution < -0.4 is 16.0 Å². The number of hydrogen-bond donors (Lipinski definition) is 3. The van der Waals surface area contributed by atoms with E-state index in [1.807, 2.05) is 42.6 Å². The van der Waals surface area contributed by atoms with E-state index in [9.17, 15) is 0 Å². The van der Waals surface area contributed by atoms with Crippen LogP contribution >= 0.6 is 23.2 Å². The van der Waals surface area contributed by atoms with E-state index in [-0.39, 0.29) is 11.1 Å². The van der Waals surface area contributed by atoms with Crippen molar-refractivity contribution in [3.8, 4) is 11.1 Å². The standard InChI is InChI=1S/C25H34Cl2N6/c1-15-12-20(29-11-10-28-17-13-24(3,4)32-25(5,6)14-17)33-23(30-15)21(16(2)31-33)22-18(26)8-7-9-19(22)27/h7-9,12,17,28-29,32H,10-11,13-14H2,1-6H3. The summed E-state index contributed by atoms with van der Waals surface area (Å²) < 4.78 is 1.86. The molecule has 3 heterocycles. The lowest BCUT2D eigenvalue weighted by atomic mass is 9.79. The van der Waals surface area contributed by atoms with Crippen molar-refractivity contribution in [2.75, 3.05) is 18.4 Å². The fourth-order valence-corrected chi connectivity index (χ4v) is 5.92. The van der Waals surface area contributed by atoms with Crippen molar-refractivity contribution in [3.63, 3.8) is 0 Å². The van der Waals surface area contributed by atoms with E-state index < -0.39 is 0 Å². The number of benzene rings is 1. The number of piperidine rings is 1. The summed E-state index contributed by atoms with van der Waals surface area (Å²) >= 11 is 13.0. The molecule has 6 nitrogen and oxygen atoms in total. The molecule has 0 bridgehead atoms. The molecule has 0 amide bonds. The monoisotopic (exact) mass is 488 g/mol. The predicted molar refractivity (Wildman–Crippen MR) is 139 cm³/mol. The van der Waals surface area contributed by atoms with Crippen LogP contribution in [0.15, 0.2) is 24.3 Å². The Labute approximate surface area is 206 Å². The van der Waals surface area contributed by atoms with Crippen LogP contribution in [0, 0.1) is 13.8 Å². The molecule has 3 N–H and O–H groups in total. The van der Waals surface area contributed by atoms with Crippen molar-refractivity contribution in [2.45, 2.75) is 71.5 Å². The molecule has 0 spiro atoms. The normalized spacial score (nSPS) is 18.1. The lowest BCUT2D eigenvalue weighted by Crippen LogP contribution is -2.61. The second-order valence-electron chi connectivity index (χ2n) is 10.5. The van der Waals surface area contributed by atoms with Crippen LogP contribution in [0.25, 0.3) is 16.8 Å². The van der Waals surface area contributed by atoms with Crippen LogP contribution in [0.1, 0.15) is 51.9 Å². The van der Waals surface area contributed by atoms with Crippen LogP contribution in [0.4, 0.5) is 5.82 Å². The maximum absolute atomic E-state index is 6.51. The lowest BCUT2D eigenvalue weighted by molar-refractivity contribution is 0.147. The molecule has 178 valence electrons. The minimum atomic E-state index is 0.129. The van der Waals surface area contributed by atoms with E-state index in [1.165, 1.54) is 0 Å². The Morgan fingerprint density at radius 1 is 1.03 bits per heavy atom. The van der Waals surface area contributed by atoms with Gasteiger partial charge in [0.05, 0.1) is 21.3 Å². The summed E-state index contributed by atoms with van der Waals surface area (Å²) in [6, 6.07) is 8.04. The van der Waals surface area contributed by atoms with Gasteiger partial charge in [0.15, 0.2) is 5.65 Å². The highest BCUT2D eigenvalue weighted by Gasteiger charge is 2.37. The molecule has 1 aromatic carbocycles. The smallest absolute Gasteiger partial charge is 0.165 e. The van der Waals surface area contributed by atoms with Gasteiger partial charge in [0.1, 0.15) is 5.82 Å². The minimum Gasteiger partial charge on any atom is -0.369 e. The average Bonchev–Trinajstić information content (AvgIpc) is 2.99. The van der Waals surface area contributed by atoms with Crippen LogP contribution in [0.3, 0.4) is 0 Å². The molecule has 1 saturated heterocycles. The Morgan fingerprint density at radius 3 is 2.30 bits per heavy atom. The summed E-state index contributed by atoms with van der Waals surface area (Å²) in [5, 5.41) is 17.0. The molecule has 4 rings (SSSR count). The highest BCUT2D eigenvalue weighted by molar-refractivity contribution is 6.39. The Hall–Kier alpha value is -1.86. The van der Waals surface area contributed by atoms with Crippen molar-refractivity contribution in [1.29, 1.82) is 0 Å². The molecule has 0 aliphatic carbocycles. The maximum Gasteiger partial charge on any atom is 0.165 e. The second kappa shape index (κ2) is 9.06. The summed E-state index contributed by atoms with van der Waals surface area (Å²) in [5.41, 5.74) is 4.39. The molecule has 0 saturated carbocycles. The van der Waals surface area contributed by atoms with E-state index >= 15 is 0 Å². The number of aromatic nitrogens is 3. The van der Waals surface area contributed by atoms with Gasteiger partial charge in [0, 0.05) is 47.5 Å². The molecule has 0 atom stereocenters. The summed E-state index contributed by atoms with van der Waals surface area (Å²) in [7, 11) is 0. The van der Waals surface area contributed by atoms with Crippen LogP contribution in [-0.2, 0) is 0 Å². The molecule has 8 heteroatoms. The quantitative estimate of drug-likeness (QED) is 0.392. The van der Waals surface area contributed by atoms with E-state index in [2.05, 4.69) is 43.6 Å². The van der Waals surface area contributed by atoms with Crippen molar-refractivity contribution < 1.29 is 0 Å². The van der Waals surface area contributed by atoms with Gasteiger partial charge in [-0.15, -0.1) is 0 Å². The number of halogens is 2. The Kier molecular flexibility index (Phi) is 6.67. The van der Waals surface area contributed by atoms with Gasteiger partial charge in [0.2, 0.25) is 0 Å². The molecule has 3 aromatic rings. The first-order chi connectivity index (χ1) is 15.5. The molecule has 1 aliphatic heterocycles. The van der Waals surface area contributed by atoms with E-state index in [0.717, 1.165) is 59.9 Å². The van der Waals surface area contributed by atoms with Crippen LogP contribution in [0.5, 0.6) is 0 Å². The van der Waals surface area contributed by atoms with Crippen molar-refractivity contribution in [1.82, 2.24) is 25.2 Å². The summed E-state index contributed by atoms with van der Waals surface area (Å²) in [6.07, 6.45) is 2.21. The second-order valence-corrected chi connectivity index (χ2v) is 11.3. The van der Waals surface area contributed by atoms with Gasteiger partial charge in [-0.3, -0.25) is 0 Å². The van der Waals surface area contributed by atoms with Crippen LogP contribution in [0.2, 0.25) is 10.0 Å². The van der Waals surface area contributed by atoms with Gasteiger partial charge < -0.3 is 16.0 Å². The number of fused-ring (bicyclic) bond motifs is 1. The number of nitrogens with one attached hydrogen (secondary N) is 3. The number of rotatable bonds is 6. The topological polar surface area (TPSA) is 66.3 Å². The summed E-state index contributed by atoms with van der Waals surface area (Å²) in [6.45, 7) is 14.7. The van der Waals surface area contributed by atoms with Gasteiger partial charge in [-0.05, 0) is 66.5 Å². The van der Waals surface area contributed by atoms with Crippen LogP contribution in [-0.4, -0.2) is 44.8 Å². The third kappa shape index (κ3) is 5.29. The first kappa shape index (κ1) is 24.3. The molecule has 1 aliphatic rings. The Balaban J connectivity index is 1.53. The highest BCUT2D eigenvalue weighted by atomic mass is 35.5. The Bertz CT molecular complexity index is 1130. The van der Waals surface area contributed by atoms with Crippen molar-refractivity contribution in [2.24, 2.45) is 0 Å². The third-order valence-electron chi connectivity index (χ3n) is 6.16. The molecular weight excluding hydrogens is 455 g/mol. The number of nitrogens with zero attached hydrogens (tertiary/aromatic N) is 3. The van der Waals surface area contributed by atoms with Gasteiger partial charge >= 0.3 is 0 Å². The van der Waals surface area contributed by atoms with Gasteiger partial charge in [-0.1, -0.05) is 29.3 Å². The fraction of sp³-hybridized carbons (Fsp3) is 0.520. The fourth-order valence-electron chi connectivity index (χ4n) is 5.33. The highest BCUT2D eigenvalue weighted by Crippen LogP contribution is 2.39. The van der Waals surface area contributed by atoms with Gasteiger partial charge in [-0.2, -0.15) is 9.61 Å². The SMILES string of the molecule is Cc1cc(NCCNC2CC(C)(C)NC(C)(C)C2)n2nc(C)c(-c3c(Cl)cccc3Cl)c2n1. The van der Waals surface area contributed by atoms with E-state index in [4.69, 9.17) is 33.3 Å². The molecule has 33 heavy (non-hydrogen) atoms. The molecule has 2 aromatic heterocycles. The summed E-state index contributed by atoms with van der Waals surface area (Å²) in [4.78, 5) is 4.77. The molecular formula is C25H34Cl2N6. The van der Waals surface area contributed by atoms with Gasteiger partial charge in [-0.25, -0.2) is 4.98 Å². The zero-order chi connectivity index (χ0) is 24.0. The van der Waals surface area contributed by atoms with Gasteiger partial charge in [0.25, 0.3) is 0 Å². The van der Waals surface area contributed by atoms with E-state index in [1.54, 1.807) is 0 Å². The molecule has 1 fully saturated rings. The minimum absolute atomic E-state index is 0.129. The average molecular weight is 489 g/mol. The number of anilines is 1. The molecule has 0 radical (unpaired) electrons. The van der Waals surface area contributed by atoms with E-state index in [0.29, 0.717) is 16.1 Å². The largest absolute Gasteiger partial charge is 0.369 e. The molecule has 0 unspecified atom stereocenters. The third-order valence-corrected chi connectivity index (χ3v) is 6.79. The first-order valence-electron chi connectivity index (χ1n) is 11.5. The maximum atomic E-state index is 6.51. The lowest BCUT2D eigenvalue weighted by Gasteiger charge is -2.46. The number of aryl methyl sites for hydroxylation is 2. The Morgan fingerprint density at radius 2 is 1.67 bits per heavy atom. The summed E-state index contributed by atoms with van der Waals surface area (Å²) in [5.74, 6) is 0.905. The van der Waals surface area contributed by atoms with Crippen molar-refractivity contribution in [3.05, 3.63) is 45.7 Å². The van der Waals surface area contributed by atoms with Crippen molar-refractivity contribution >= 4 is 34.7 Å². The number of hydrogen-bond acceptors (Lipinski definition) is 5. The zero-order valence-electron chi connectivity index (χ0n) is 20.3. The first-order valence-corrected chi connectivity index (χ1v) is 12.3. The predicted octanol–water partition coefficient (Wildman–Crippen LogP) is 5.63.